The number of rotatable bonds is 9. The molecule has 15 heteroatoms. The summed E-state index contributed by atoms with van der Waals surface area (Å²) >= 11 is 6.63. The Bertz CT molecular complexity index is 1760. The van der Waals surface area contributed by atoms with E-state index in [-0.39, 0.29) is 23.1 Å². The SMILES string of the molecule is COc1cc(C2NN=C3C2=CC(Cl)=CN3C(CCC(C)(C)[Si](C)(C)O)c2cc(C(F)(F)F)cc(C(F)(F)F)c2)ccc1-n1cnc(C)c1. The zero-order chi connectivity index (χ0) is 35.4. The van der Waals surface area contributed by atoms with Crippen LogP contribution in [-0.2, 0) is 12.4 Å². The van der Waals surface area contributed by atoms with Crippen LogP contribution < -0.4 is 10.2 Å². The van der Waals surface area contributed by atoms with Crippen molar-refractivity contribution in [3.8, 4) is 11.4 Å². The van der Waals surface area contributed by atoms with Gasteiger partial charge in [-0.1, -0.05) is 31.5 Å². The molecule has 3 heterocycles. The summed E-state index contributed by atoms with van der Waals surface area (Å²) < 4.78 is 91.4. The minimum Gasteiger partial charge on any atom is -0.495 e. The van der Waals surface area contributed by atoms with Crippen LogP contribution in [0, 0.1) is 6.92 Å². The van der Waals surface area contributed by atoms with E-state index in [2.05, 4.69) is 15.5 Å². The summed E-state index contributed by atoms with van der Waals surface area (Å²) in [6.45, 7) is 9.05. The monoisotopic (exact) mass is 711 g/mol. The van der Waals surface area contributed by atoms with E-state index in [9.17, 15) is 31.1 Å². The molecule has 0 saturated heterocycles. The number of benzene rings is 2. The Labute approximate surface area is 280 Å². The van der Waals surface area contributed by atoms with E-state index in [0.717, 1.165) is 29.1 Å². The van der Waals surface area contributed by atoms with Gasteiger partial charge in [0.2, 0.25) is 0 Å². The van der Waals surface area contributed by atoms with Gasteiger partial charge >= 0.3 is 12.4 Å². The Morgan fingerprint density at radius 3 is 2.23 bits per heavy atom. The van der Waals surface area contributed by atoms with E-state index in [1.54, 1.807) is 25.5 Å². The van der Waals surface area contributed by atoms with Gasteiger partial charge in [0.05, 0.1) is 53.1 Å². The van der Waals surface area contributed by atoms with E-state index in [0.29, 0.717) is 23.6 Å². The fraction of sp³-hybridized carbons (Fsp3) is 0.394. The quantitative estimate of drug-likeness (QED) is 0.171. The van der Waals surface area contributed by atoms with Gasteiger partial charge in [-0.2, -0.15) is 31.4 Å². The molecule has 7 nitrogen and oxygen atoms in total. The number of nitrogens with one attached hydrogen (secondary N) is 1. The van der Waals surface area contributed by atoms with Crippen molar-refractivity contribution in [1.82, 2.24) is 19.9 Å². The number of methoxy groups -OCH3 is 1. The van der Waals surface area contributed by atoms with Gasteiger partial charge in [-0.25, -0.2) is 4.98 Å². The molecule has 2 atom stereocenters. The first-order valence-electron chi connectivity index (χ1n) is 15.1. The van der Waals surface area contributed by atoms with Crippen molar-refractivity contribution < 1.29 is 35.9 Å². The van der Waals surface area contributed by atoms with Crippen molar-refractivity contribution in [2.24, 2.45) is 5.10 Å². The van der Waals surface area contributed by atoms with E-state index in [1.165, 1.54) is 18.2 Å². The molecule has 2 aliphatic rings. The second-order valence-electron chi connectivity index (χ2n) is 13.2. The molecule has 0 bridgehead atoms. The van der Waals surface area contributed by atoms with Gasteiger partial charge in [-0.05, 0) is 85.4 Å². The summed E-state index contributed by atoms with van der Waals surface area (Å²) in [6.07, 6.45) is -3.04. The molecule has 1 aromatic heterocycles. The largest absolute Gasteiger partial charge is 0.495 e. The Morgan fingerprint density at radius 2 is 1.69 bits per heavy atom. The van der Waals surface area contributed by atoms with Gasteiger partial charge in [0.15, 0.2) is 14.2 Å². The molecular formula is C33H36ClF6N5O2Si. The molecule has 0 spiro atoms. The van der Waals surface area contributed by atoms with Gasteiger partial charge in [-0.3, -0.25) is 5.43 Å². The second kappa shape index (κ2) is 12.6. The summed E-state index contributed by atoms with van der Waals surface area (Å²) in [4.78, 5) is 16.8. The molecule has 0 radical (unpaired) electrons. The van der Waals surface area contributed by atoms with E-state index in [1.807, 2.05) is 49.7 Å². The lowest BCUT2D eigenvalue weighted by Crippen LogP contribution is -2.40. The first kappa shape index (κ1) is 35.6. The third-order valence-electron chi connectivity index (χ3n) is 9.23. The summed E-state index contributed by atoms with van der Waals surface area (Å²) in [6, 6.07) is 5.51. The maximum absolute atomic E-state index is 14.0. The number of aromatic nitrogens is 2. The van der Waals surface area contributed by atoms with Gasteiger partial charge in [-0.15, -0.1) is 0 Å². The molecule has 0 fully saturated rings. The Hall–Kier alpha value is -3.75. The number of amidine groups is 1. The molecule has 0 aliphatic carbocycles. The number of hydrogen-bond acceptors (Lipinski definition) is 6. The number of nitrogens with zero attached hydrogens (tertiary/aromatic N) is 4. The number of aryl methyl sites for hydroxylation is 1. The highest BCUT2D eigenvalue weighted by atomic mass is 35.5. The summed E-state index contributed by atoms with van der Waals surface area (Å²) in [5.74, 6) is 0.835. The predicted molar refractivity (Wildman–Crippen MR) is 174 cm³/mol. The maximum Gasteiger partial charge on any atom is 0.416 e. The second-order valence-corrected chi connectivity index (χ2v) is 18.1. The topological polar surface area (TPSA) is 74.9 Å². The smallest absolute Gasteiger partial charge is 0.416 e. The average molecular weight is 712 g/mol. The van der Waals surface area contributed by atoms with Gasteiger partial charge in [0.1, 0.15) is 5.75 Å². The number of allylic oxidation sites excluding steroid dienone is 2. The first-order valence-corrected chi connectivity index (χ1v) is 18.4. The van der Waals surface area contributed by atoms with Crippen molar-refractivity contribution in [1.29, 1.82) is 0 Å². The zero-order valence-corrected chi connectivity index (χ0v) is 28.9. The van der Waals surface area contributed by atoms with Crippen LogP contribution in [0.15, 0.2) is 76.9 Å². The molecule has 3 aromatic rings. The maximum atomic E-state index is 14.0. The number of alkyl halides is 6. The zero-order valence-electron chi connectivity index (χ0n) is 27.1. The van der Waals surface area contributed by atoms with Crippen LogP contribution in [0.1, 0.15) is 66.7 Å². The van der Waals surface area contributed by atoms with E-state index >= 15 is 0 Å². The van der Waals surface area contributed by atoms with Crippen molar-refractivity contribution in [3.63, 3.8) is 0 Å². The number of ether oxygens (including phenoxy) is 1. The minimum absolute atomic E-state index is 0.0904. The molecular weight excluding hydrogens is 676 g/mol. The average Bonchev–Trinajstić information content (AvgIpc) is 3.61. The standard InChI is InChI=1S/C33H36ClF6N5O2Si/c1-19-16-44(18-41-19)27-8-7-20(13-28(27)47-4)29-25-15-24(34)17-45(30(25)43-42-29)26(9-10-31(2,3)48(5,6)46)21-11-22(32(35,36)37)14-23(12-21)33(38,39)40/h7-8,11-18,26,29,42,46H,9-10H2,1-6H3. The lowest BCUT2D eigenvalue weighted by Gasteiger charge is -2.39. The number of fused-ring (bicyclic) bond motifs is 1. The minimum atomic E-state index is -5.03. The van der Waals surface area contributed by atoms with Crippen LogP contribution in [0.4, 0.5) is 26.3 Å². The number of imidazole rings is 1. The molecule has 2 aromatic carbocycles. The van der Waals surface area contributed by atoms with Crippen LogP contribution in [-0.4, -0.2) is 40.5 Å². The van der Waals surface area contributed by atoms with Gasteiger partial charge in [0.25, 0.3) is 0 Å². The molecule has 5 rings (SSSR count). The lowest BCUT2D eigenvalue weighted by molar-refractivity contribution is -0.143. The highest BCUT2D eigenvalue weighted by molar-refractivity contribution is 6.72. The van der Waals surface area contributed by atoms with Crippen LogP contribution in [0.25, 0.3) is 5.69 Å². The molecule has 2 unspecified atom stereocenters. The van der Waals surface area contributed by atoms with Crippen molar-refractivity contribution >= 4 is 25.8 Å². The Balaban J connectivity index is 1.58. The molecule has 0 saturated carbocycles. The first-order chi connectivity index (χ1) is 22.2. The highest BCUT2D eigenvalue weighted by Gasteiger charge is 2.43. The Kier molecular flexibility index (Phi) is 9.34. The summed E-state index contributed by atoms with van der Waals surface area (Å²) in [5, 5.41) is 4.11. The normalized spacial score (nSPS) is 17.8. The number of hydrazone groups is 1. The third-order valence-corrected chi connectivity index (χ3v) is 13.0. The van der Waals surface area contributed by atoms with Gasteiger partial charge < -0.3 is 19.0 Å². The molecule has 2 aliphatic heterocycles. The molecule has 2 N–H and O–H groups in total. The van der Waals surface area contributed by atoms with E-state index < -0.39 is 48.9 Å². The van der Waals surface area contributed by atoms with E-state index in [4.69, 9.17) is 16.3 Å². The third kappa shape index (κ3) is 7.15. The number of hydrogen-bond donors (Lipinski definition) is 2. The fourth-order valence-electron chi connectivity index (χ4n) is 5.70. The summed E-state index contributed by atoms with van der Waals surface area (Å²) in [5.41, 5.74) is 2.89. The Morgan fingerprint density at radius 1 is 1.04 bits per heavy atom. The summed E-state index contributed by atoms with van der Waals surface area (Å²) in [7, 11) is -1.28. The van der Waals surface area contributed by atoms with Gasteiger partial charge in [0, 0.05) is 18.0 Å². The fourth-order valence-corrected chi connectivity index (χ4v) is 6.68. The van der Waals surface area contributed by atoms with Crippen molar-refractivity contribution in [3.05, 3.63) is 99.8 Å². The highest BCUT2D eigenvalue weighted by Crippen LogP contribution is 2.47. The lowest BCUT2D eigenvalue weighted by atomic mass is 9.90. The van der Waals surface area contributed by atoms with Crippen LogP contribution in [0.2, 0.25) is 18.1 Å². The van der Waals surface area contributed by atoms with Crippen LogP contribution in [0.3, 0.4) is 0 Å². The number of halogens is 7. The predicted octanol–water partition coefficient (Wildman–Crippen LogP) is 9.01. The molecule has 0 amide bonds. The van der Waals surface area contributed by atoms with Crippen molar-refractivity contribution in [2.75, 3.05) is 7.11 Å². The van der Waals surface area contributed by atoms with Crippen LogP contribution in [0.5, 0.6) is 5.75 Å². The molecule has 48 heavy (non-hydrogen) atoms. The van der Waals surface area contributed by atoms with Crippen molar-refractivity contribution in [2.45, 2.75) is 76.2 Å². The van der Waals surface area contributed by atoms with Crippen LogP contribution >= 0.6 is 11.6 Å². The molecule has 258 valence electrons.